The topological polar surface area (TPSA) is 0 Å². The van der Waals surface area contributed by atoms with Crippen molar-refractivity contribution in [2.75, 3.05) is 0 Å². The Morgan fingerprint density at radius 3 is 1.56 bits per heavy atom. The van der Waals surface area contributed by atoms with E-state index in [4.69, 9.17) is 0 Å². The van der Waals surface area contributed by atoms with E-state index in [0.29, 0.717) is 0 Å². The summed E-state index contributed by atoms with van der Waals surface area (Å²) in [4.78, 5) is 0. The maximum absolute atomic E-state index is 3.90. The molecule has 0 amide bonds. The van der Waals surface area contributed by atoms with Gasteiger partial charge in [0.05, 0.1) is 0 Å². The molecule has 0 aromatic heterocycles. The zero-order valence-corrected chi connectivity index (χ0v) is 11.5. The molecule has 0 aliphatic carbocycles. The van der Waals surface area contributed by atoms with E-state index >= 15 is 0 Å². The maximum atomic E-state index is 3.90. The molecule has 0 saturated heterocycles. The van der Waals surface area contributed by atoms with Crippen molar-refractivity contribution in [3.05, 3.63) is 13.8 Å². The van der Waals surface area contributed by atoms with Gasteiger partial charge in [0.1, 0.15) is 0 Å². The summed E-state index contributed by atoms with van der Waals surface area (Å²) in [5, 5.41) is 0. The molecule has 0 spiro atoms. The Balaban J connectivity index is 3.29. The Bertz CT molecular complexity index is 117. The van der Waals surface area contributed by atoms with Gasteiger partial charge in [0, 0.05) is 0 Å². The predicted molar refractivity (Wildman–Crippen MR) is 75.3 cm³/mol. The van der Waals surface area contributed by atoms with E-state index in [1.807, 2.05) is 0 Å². The van der Waals surface area contributed by atoms with Gasteiger partial charge in [-0.1, -0.05) is 97.8 Å². The second-order valence-corrected chi connectivity index (χ2v) is 5.03. The lowest BCUT2D eigenvalue weighted by Crippen LogP contribution is -1.99. The minimum Gasteiger partial charge on any atom is -0.0651 e. The van der Waals surface area contributed by atoms with Gasteiger partial charge in [-0.05, 0) is 5.92 Å². The van der Waals surface area contributed by atoms with Gasteiger partial charge in [0.2, 0.25) is 0 Å². The van der Waals surface area contributed by atoms with Crippen molar-refractivity contribution in [1.29, 1.82) is 0 Å². The molecule has 0 aliphatic rings. The lowest BCUT2D eigenvalue weighted by molar-refractivity contribution is 0.395. The van der Waals surface area contributed by atoms with Gasteiger partial charge in [0.25, 0.3) is 0 Å². The number of unbranched alkanes of at least 4 members (excludes halogenated alkanes) is 7. The average molecular weight is 224 g/mol. The molecule has 0 aliphatic heterocycles. The Morgan fingerprint density at radius 2 is 1.12 bits per heavy atom. The fraction of sp³-hybridized carbons (Fsp3) is 0.875. The first-order valence-corrected chi connectivity index (χ1v) is 7.43. The van der Waals surface area contributed by atoms with Crippen LogP contribution in [-0.2, 0) is 0 Å². The molecular formula is C16H32. The van der Waals surface area contributed by atoms with E-state index in [0.717, 1.165) is 18.8 Å². The van der Waals surface area contributed by atoms with E-state index < -0.39 is 0 Å². The van der Waals surface area contributed by atoms with Gasteiger partial charge < -0.3 is 0 Å². The summed E-state index contributed by atoms with van der Waals surface area (Å²) < 4.78 is 0. The van der Waals surface area contributed by atoms with Crippen molar-refractivity contribution in [3.63, 3.8) is 0 Å². The average Bonchev–Trinajstić information content (AvgIpc) is 2.31. The largest absolute Gasteiger partial charge is 0.0651 e. The van der Waals surface area contributed by atoms with Gasteiger partial charge in [-0.15, -0.1) is 0 Å². The summed E-state index contributed by atoms with van der Waals surface area (Å²) in [6, 6.07) is 0. The zero-order chi connectivity index (χ0) is 12.1. The molecule has 2 radical (unpaired) electrons. The standard InChI is InChI=1S/C16H32/c1-4-7-9-11-13-15-16(6-3)14-12-10-8-5-2/h16H,1-2,4-15H2,3H3. The molecule has 0 heteroatoms. The number of hydrogen-bond donors (Lipinski definition) is 0. The lowest BCUT2D eigenvalue weighted by atomic mass is 9.92. The Morgan fingerprint density at radius 1 is 0.688 bits per heavy atom. The van der Waals surface area contributed by atoms with Crippen molar-refractivity contribution in [2.24, 2.45) is 5.92 Å². The highest BCUT2D eigenvalue weighted by Gasteiger charge is 2.05. The number of hydrogen-bond acceptors (Lipinski definition) is 0. The molecule has 0 N–H and O–H groups in total. The molecule has 0 bridgehead atoms. The fourth-order valence-corrected chi connectivity index (χ4v) is 2.30. The third-order valence-corrected chi connectivity index (χ3v) is 3.55. The van der Waals surface area contributed by atoms with Crippen LogP contribution in [0.5, 0.6) is 0 Å². The van der Waals surface area contributed by atoms with Crippen LogP contribution in [0.4, 0.5) is 0 Å². The van der Waals surface area contributed by atoms with Crippen LogP contribution < -0.4 is 0 Å². The highest BCUT2D eigenvalue weighted by atomic mass is 14.1. The molecule has 0 heterocycles. The van der Waals surface area contributed by atoms with Crippen LogP contribution in [0.1, 0.15) is 84.0 Å². The third kappa shape index (κ3) is 10.5. The van der Waals surface area contributed by atoms with Crippen molar-refractivity contribution in [2.45, 2.75) is 84.0 Å². The minimum atomic E-state index is 0.990. The smallest absolute Gasteiger partial charge is 0.0417 e. The van der Waals surface area contributed by atoms with E-state index in [9.17, 15) is 0 Å². The van der Waals surface area contributed by atoms with Crippen molar-refractivity contribution < 1.29 is 0 Å². The molecule has 0 nitrogen and oxygen atoms in total. The summed E-state index contributed by atoms with van der Waals surface area (Å²) >= 11 is 0. The van der Waals surface area contributed by atoms with Gasteiger partial charge in [-0.3, -0.25) is 0 Å². The van der Waals surface area contributed by atoms with Crippen LogP contribution >= 0.6 is 0 Å². The monoisotopic (exact) mass is 224 g/mol. The maximum Gasteiger partial charge on any atom is -0.0417 e. The summed E-state index contributed by atoms with van der Waals surface area (Å²) in [6.45, 7) is 10.1. The van der Waals surface area contributed by atoms with Crippen LogP contribution in [-0.4, -0.2) is 0 Å². The van der Waals surface area contributed by atoms with Crippen molar-refractivity contribution in [1.82, 2.24) is 0 Å². The van der Waals surface area contributed by atoms with E-state index in [2.05, 4.69) is 20.8 Å². The SMILES string of the molecule is [CH2]CCCCCCC(CC)CCCCC[CH2]. The fourth-order valence-electron chi connectivity index (χ4n) is 2.30. The van der Waals surface area contributed by atoms with Crippen LogP contribution in [0.3, 0.4) is 0 Å². The molecule has 0 aromatic rings. The summed E-state index contributed by atoms with van der Waals surface area (Å²) in [5.74, 6) is 0.990. The Hall–Kier alpha value is 0. The first-order valence-electron chi connectivity index (χ1n) is 7.43. The normalized spacial score (nSPS) is 12.9. The highest BCUT2D eigenvalue weighted by Crippen LogP contribution is 2.21. The summed E-state index contributed by atoms with van der Waals surface area (Å²) in [6.07, 6.45) is 16.2. The highest BCUT2D eigenvalue weighted by molar-refractivity contribution is 4.59. The molecule has 0 fully saturated rings. The second kappa shape index (κ2) is 13.1. The van der Waals surface area contributed by atoms with Crippen molar-refractivity contribution in [3.8, 4) is 0 Å². The van der Waals surface area contributed by atoms with Crippen LogP contribution in [0, 0.1) is 19.8 Å². The zero-order valence-electron chi connectivity index (χ0n) is 11.5. The third-order valence-electron chi connectivity index (χ3n) is 3.55. The Kier molecular flexibility index (Phi) is 13.1. The van der Waals surface area contributed by atoms with E-state index in [-0.39, 0.29) is 0 Å². The molecule has 0 aromatic carbocycles. The molecule has 96 valence electrons. The Labute approximate surface area is 104 Å². The quantitative estimate of drug-likeness (QED) is 0.358. The summed E-state index contributed by atoms with van der Waals surface area (Å²) in [7, 11) is 0. The summed E-state index contributed by atoms with van der Waals surface area (Å²) in [5.41, 5.74) is 0. The molecule has 1 atom stereocenters. The molecule has 0 rings (SSSR count). The van der Waals surface area contributed by atoms with Crippen LogP contribution in [0.2, 0.25) is 0 Å². The van der Waals surface area contributed by atoms with Crippen LogP contribution in [0.15, 0.2) is 0 Å². The number of rotatable bonds is 12. The first-order chi connectivity index (χ1) is 7.85. The van der Waals surface area contributed by atoms with Gasteiger partial charge in [0.15, 0.2) is 0 Å². The van der Waals surface area contributed by atoms with Gasteiger partial charge >= 0.3 is 0 Å². The lowest BCUT2D eigenvalue weighted by Gasteiger charge is -2.14. The van der Waals surface area contributed by atoms with E-state index in [1.165, 1.54) is 64.2 Å². The predicted octanol–water partition coefficient (Wildman–Crippen LogP) is 5.97. The molecule has 16 heavy (non-hydrogen) atoms. The molecular weight excluding hydrogens is 192 g/mol. The van der Waals surface area contributed by atoms with E-state index in [1.54, 1.807) is 0 Å². The van der Waals surface area contributed by atoms with Crippen molar-refractivity contribution >= 4 is 0 Å². The van der Waals surface area contributed by atoms with Gasteiger partial charge in [-0.25, -0.2) is 0 Å². The van der Waals surface area contributed by atoms with Crippen LogP contribution in [0.25, 0.3) is 0 Å². The molecule has 0 saturated carbocycles. The second-order valence-electron chi connectivity index (χ2n) is 5.03. The molecule has 1 unspecified atom stereocenters. The first kappa shape index (κ1) is 16.0. The minimum absolute atomic E-state index is 0.990. The van der Waals surface area contributed by atoms with Gasteiger partial charge in [-0.2, -0.15) is 0 Å².